The third kappa shape index (κ3) is 6.85. The van der Waals surface area contributed by atoms with Crippen molar-refractivity contribution < 1.29 is 18.0 Å². The Morgan fingerprint density at radius 3 is 2.19 bits per heavy atom. The zero-order chi connectivity index (χ0) is 26.3. The summed E-state index contributed by atoms with van der Waals surface area (Å²) in [5, 5.41) is 4.53. The maximum Gasteiger partial charge on any atom is 0.244 e. The van der Waals surface area contributed by atoms with Crippen molar-refractivity contribution in [2.24, 2.45) is 5.92 Å². The third-order valence-electron chi connectivity index (χ3n) is 5.98. The van der Waals surface area contributed by atoms with Crippen LogP contribution in [-0.4, -0.2) is 50.5 Å². The molecule has 0 heterocycles. The highest BCUT2D eigenvalue weighted by atomic mass is 32.2. The molecular weight excluding hydrogens is 474 g/mol. The summed E-state index contributed by atoms with van der Waals surface area (Å²) in [6.07, 6.45) is 1.49. The van der Waals surface area contributed by atoms with Crippen molar-refractivity contribution in [3.8, 4) is 0 Å². The number of hydrogen-bond acceptors (Lipinski definition) is 4. The molecule has 0 saturated heterocycles. The number of sulfonamides is 1. The second-order valence-corrected chi connectivity index (χ2v) is 11.2. The van der Waals surface area contributed by atoms with Crippen LogP contribution < -0.4 is 9.62 Å². The van der Waals surface area contributed by atoms with Gasteiger partial charge < -0.3 is 10.2 Å². The monoisotopic (exact) mass is 509 g/mol. The summed E-state index contributed by atoms with van der Waals surface area (Å²) < 4.78 is 27.0. The molecule has 0 bridgehead atoms. The smallest absolute Gasteiger partial charge is 0.244 e. The number of carbonyl (C=O) groups excluding carboxylic acids is 2. The van der Waals surface area contributed by atoms with Crippen molar-refractivity contribution in [3.05, 3.63) is 78.4 Å². The molecule has 0 saturated carbocycles. The molecule has 7 nitrogen and oxygen atoms in total. The molecule has 3 aromatic rings. The summed E-state index contributed by atoms with van der Waals surface area (Å²) in [7, 11) is -3.80. The lowest BCUT2D eigenvalue weighted by Crippen LogP contribution is -2.52. The molecule has 0 aromatic heterocycles. The maximum absolute atomic E-state index is 13.8. The van der Waals surface area contributed by atoms with Gasteiger partial charge in [0.1, 0.15) is 12.6 Å². The molecule has 0 fully saturated rings. The number of amides is 2. The fourth-order valence-corrected chi connectivity index (χ4v) is 5.00. The van der Waals surface area contributed by atoms with Crippen LogP contribution in [0.3, 0.4) is 0 Å². The normalized spacial score (nSPS) is 12.4. The van der Waals surface area contributed by atoms with Gasteiger partial charge in [0.05, 0.1) is 11.9 Å². The first-order chi connectivity index (χ1) is 17.1. The summed E-state index contributed by atoms with van der Waals surface area (Å²) in [4.78, 5) is 28.4. The second kappa shape index (κ2) is 12.0. The molecule has 1 unspecified atom stereocenters. The molecule has 1 atom stereocenters. The van der Waals surface area contributed by atoms with Gasteiger partial charge in [-0.05, 0) is 29.4 Å². The van der Waals surface area contributed by atoms with E-state index in [1.165, 1.54) is 4.90 Å². The van der Waals surface area contributed by atoms with Gasteiger partial charge in [0, 0.05) is 18.5 Å². The molecule has 3 aromatic carbocycles. The van der Waals surface area contributed by atoms with Crippen molar-refractivity contribution in [2.45, 2.75) is 39.8 Å². The Kier molecular flexibility index (Phi) is 9.09. The molecule has 36 heavy (non-hydrogen) atoms. The lowest BCUT2D eigenvalue weighted by molar-refractivity contribution is -0.140. The summed E-state index contributed by atoms with van der Waals surface area (Å²) in [5.74, 6) is -0.424. The Bertz CT molecular complexity index is 1290. The molecular formula is C28H35N3O4S. The Hall–Kier alpha value is -3.39. The number of anilines is 1. The summed E-state index contributed by atoms with van der Waals surface area (Å²) in [6.45, 7) is 6.14. The van der Waals surface area contributed by atoms with E-state index in [0.29, 0.717) is 18.7 Å². The third-order valence-corrected chi connectivity index (χ3v) is 7.11. The summed E-state index contributed by atoms with van der Waals surface area (Å²) in [5.41, 5.74) is 1.29. The number of nitrogens with one attached hydrogen (secondary N) is 1. The van der Waals surface area contributed by atoms with Crippen LogP contribution in [-0.2, 0) is 26.2 Å². The quantitative estimate of drug-likeness (QED) is 0.420. The number of nitrogens with zero attached hydrogens (tertiary/aromatic N) is 2. The molecule has 0 aliphatic carbocycles. The highest BCUT2D eigenvalue weighted by Gasteiger charge is 2.32. The van der Waals surface area contributed by atoms with Crippen LogP contribution in [0.4, 0.5) is 5.69 Å². The van der Waals surface area contributed by atoms with E-state index in [2.05, 4.69) is 5.32 Å². The number of hydrogen-bond donors (Lipinski definition) is 1. The van der Waals surface area contributed by atoms with Crippen molar-refractivity contribution in [1.82, 2.24) is 10.2 Å². The van der Waals surface area contributed by atoms with Crippen LogP contribution in [0.2, 0.25) is 0 Å². The first-order valence-corrected chi connectivity index (χ1v) is 14.0. The fourth-order valence-electron chi connectivity index (χ4n) is 4.14. The van der Waals surface area contributed by atoms with E-state index >= 15 is 0 Å². The van der Waals surface area contributed by atoms with E-state index in [1.54, 1.807) is 12.1 Å². The predicted molar refractivity (Wildman–Crippen MR) is 145 cm³/mol. The van der Waals surface area contributed by atoms with E-state index < -0.39 is 28.5 Å². The van der Waals surface area contributed by atoms with Crippen LogP contribution >= 0.6 is 0 Å². The Morgan fingerprint density at radius 1 is 0.917 bits per heavy atom. The minimum atomic E-state index is -3.80. The van der Waals surface area contributed by atoms with E-state index in [-0.39, 0.29) is 18.4 Å². The Morgan fingerprint density at radius 2 is 1.56 bits per heavy atom. The Balaban J connectivity index is 1.99. The van der Waals surface area contributed by atoms with Crippen LogP contribution in [0, 0.1) is 5.92 Å². The predicted octanol–water partition coefficient (Wildman–Crippen LogP) is 4.19. The minimum Gasteiger partial charge on any atom is -0.354 e. The van der Waals surface area contributed by atoms with Gasteiger partial charge >= 0.3 is 0 Å². The number of carbonyl (C=O) groups is 2. The van der Waals surface area contributed by atoms with Crippen molar-refractivity contribution in [1.29, 1.82) is 0 Å². The topological polar surface area (TPSA) is 86.8 Å². The van der Waals surface area contributed by atoms with E-state index in [1.807, 2.05) is 81.4 Å². The van der Waals surface area contributed by atoms with Crippen LogP contribution in [0.1, 0.15) is 32.8 Å². The molecule has 1 N–H and O–H groups in total. The first kappa shape index (κ1) is 27.2. The standard InChI is InChI=1S/C28H35N3O4S/c1-5-25(28(33)29-18-21(2)3)30(19-22-12-7-6-8-13-22)27(32)20-31(36(4,34)35)26-17-11-15-23-14-9-10-16-24(23)26/h6-17,21,25H,5,18-20H2,1-4H3,(H,29,33). The number of benzene rings is 3. The van der Waals surface area contributed by atoms with Gasteiger partial charge in [-0.3, -0.25) is 13.9 Å². The van der Waals surface area contributed by atoms with Gasteiger partial charge in [0.25, 0.3) is 0 Å². The summed E-state index contributed by atoms with van der Waals surface area (Å²) >= 11 is 0. The van der Waals surface area contributed by atoms with Gasteiger partial charge in [-0.2, -0.15) is 0 Å². The average molecular weight is 510 g/mol. The van der Waals surface area contributed by atoms with E-state index in [9.17, 15) is 18.0 Å². The lowest BCUT2D eigenvalue weighted by atomic mass is 10.1. The van der Waals surface area contributed by atoms with Gasteiger partial charge in [0.15, 0.2) is 0 Å². The van der Waals surface area contributed by atoms with Crippen LogP contribution in [0.5, 0.6) is 0 Å². The zero-order valence-corrected chi connectivity index (χ0v) is 22.2. The molecule has 0 radical (unpaired) electrons. The zero-order valence-electron chi connectivity index (χ0n) is 21.3. The van der Waals surface area contributed by atoms with Crippen LogP contribution in [0.25, 0.3) is 10.8 Å². The molecule has 8 heteroatoms. The molecule has 2 amide bonds. The minimum absolute atomic E-state index is 0.195. The van der Waals surface area contributed by atoms with Crippen molar-refractivity contribution in [3.63, 3.8) is 0 Å². The van der Waals surface area contributed by atoms with Gasteiger partial charge in [-0.1, -0.05) is 87.5 Å². The SMILES string of the molecule is CCC(C(=O)NCC(C)C)N(Cc1ccccc1)C(=O)CN(c1cccc2ccccc12)S(C)(=O)=O. The molecule has 0 aliphatic heterocycles. The van der Waals surface area contributed by atoms with E-state index in [0.717, 1.165) is 26.9 Å². The molecule has 0 spiro atoms. The van der Waals surface area contributed by atoms with Crippen LogP contribution in [0.15, 0.2) is 72.8 Å². The highest BCUT2D eigenvalue weighted by Crippen LogP contribution is 2.28. The van der Waals surface area contributed by atoms with Crippen molar-refractivity contribution in [2.75, 3.05) is 23.7 Å². The maximum atomic E-state index is 13.8. The average Bonchev–Trinajstić information content (AvgIpc) is 2.85. The fraction of sp³-hybridized carbons (Fsp3) is 0.357. The highest BCUT2D eigenvalue weighted by molar-refractivity contribution is 7.92. The molecule has 3 rings (SSSR count). The van der Waals surface area contributed by atoms with E-state index in [4.69, 9.17) is 0 Å². The largest absolute Gasteiger partial charge is 0.354 e. The Labute approximate surface area is 214 Å². The van der Waals surface area contributed by atoms with Gasteiger partial charge in [-0.25, -0.2) is 8.42 Å². The molecule has 192 valence electrons. The lowest BCUT2D eigenvalue weighted by Gasteiger charge is -2.33. The first-order valence-electron chi connectivity index (χ1n) is 12.2. The second-order valence-electron chi connectivity index (χ2n) is 9.34. The number of rotatable bonds is 11. The van der Waals surface area contributed by atoms with Gasteiger partial charge in [-0.15, -0.1) is 0 Å². The van der Waals surface area contributed by atoms with Crippen molar-refractivity contribution >= 4 is 38.3 Å². The van der Waals surface area contributed by atoms with Gasteiger partial charge in [0.2, 0.25) is 21.8 Å². The summed E-state index contributed by atoms with van der Waals surface area (Å²) in [6, 6.07) is 21.5. The molecule has 0 aliphatic rings. The number of fused-ring (bicyclic) bond motifs is 1.